The molecule has 0 radical (unpaired) electrons. The van der Waals surface area contributed by atoms with E-state index in [1.165, 1.54) is 5.56 Å². The molecule has 1 heteroatoms. The topological polar surface area (TPSA) is 20.2 Å². The predicted octanol–water partition coefficient (Wildman–Crippen LogP) is 2.90. The largest absolute Gasteiger partial charge is 0.508 e. The van der Waals surface area contributed by atoms with Gasteiger partial charge in [0.15, 0.2) is 0 Å². The van der Waals surface area contributed by atoms with Crippen LogP contribution in [0.1, 0.15) is 25.0 Å². The molecule has 0 fully saturated rings. The minimum atomic E-state index is 0.434. The molecule has 0 aliphatic heterocycles. The quantitative estimate of drug-likeness (QED) is 0.712. The van der Waals surface area contributed by atoms with Crippen LogP contribution in [0.25, 0.3) is 0 Å². The van der Waals surface area contributed by atoms with Crippen molar-refractivity contribution in [3.63, 3.8) is 0 Å². The fourth-order valence-corrected chi connectivity index (χ4v) is 1.36. The molecule has 1 rings (SSSR count). The molecule has 0 atom stereocenters. The Hall–Kier alpha value is -0.980. The van der Waals surface area contributed by atoms with E-state index in [0.717, 1.165) is 12.0 Å². The van der Waals surface area contributed by atoms with Crippen molar-refractivity contribution in [2.24, 2.45) is 5.92 Å². The molecule has 0 aliphatic carbocycles. The van der Waals surface area contributed by atoms with E-state index in [1.54, 1.807) is 6.07 Å². The van der Waals surface area contributed by atoms with Crippen LogP contribution in [-0.2, 0) is 6.42 Å². The van der Waals surface area contributed by atoms with Crippen LogP contribution < -0.4 is 0 Å². The minimum absolute atomic E-state index is 0.434. The first-order chi connectivity index (χ1) is 5.61. The van der Waals surface area contributed by atoms with E-state index in [9.17, 15) is 5.11 Å². The van der Waals surface area contributed by atoms with E-state index in [-0.39, 0.29) is 0 Å². The molecule has 1 nitrogen and oxygen atoms in total. The van der Waals surface area contributed by atoms with Gasteiger partial charge >= 0.3 is 0 Å². The van der Waals surface area contributed by atoms with Gasteiger partial charge in [0.2, 0.25) is 0 Å². The number of rotatable bonds is 2. The van der Waals surface area contributed by atoms with Gasteiger partial charge in [-0.05, 0) is 36.5 Å². The molecule has 0 saturated carbocycles. The Morgan fingerprint density at radius 1 is 1.33 bits per heavy atom. The second-order valence-electron chi connectivity index (χ2n) is 3.67. The fourth-order valence-electron chi connectivity index (χ4n) is 1.36. The van der Waals surface area contributed by atoms with Crippen LogP contribution in [0.15, 0.2) is 18.2 Å². The van der Waals surface area contributed by atoms with Crippen LogP contribution in [0.3, 0.4) is 0 Å². The number of benzene rings is 1. The van der Waals surface area contributed by atoms with Crippen molar-refractivity contribution in [1.29, 1.82) is 0 Å². The zero-order chi connectivity index (χ0) is 9.14. The van der Waals surface area contributed by atoms with E-state index in [2.05, 4.69) is 13.8 Å². The molecule has 0 aliphatic rings. The summed E-state index contributed by atoms with van der Waals surface area (Å²) in [6.07, 6.45) is 0.957. The fraction of sp³-hybridized carbons (Fsp3) is 0.455. The lowest BCUT2D eigenvalue weighted by atomic mass is 9.98. The molecule has 66 valence electrons. The Morgan fingerprint density at radius 3 is 2.50 bits per heavy atom. The van der Waals surface area contributed by atoms with Crippen LogP contribution >= 0.6 is 0 Å². The second kappa shape index (κ2) is 3.61. The van der Waals surface area contributed by atoms with Gasteiger partial charge in [-0.15, -0.1) is 0 Å². The molecule has 0 saturated heterocycles. The average molecular weight is 164 g/mol. The van der Waals surface area contributed by atoms with Gasteiger partial charge in [-0.2, -0.15) is 0 Å². The van der Waals surface area contributed by atoms with Crippen molar-refractivity contribution in [3.8, 4) is 5.75 Å². The highest BCUT2D eigenvalue weighted by Crippen LogP contribution is 2.23. The number of aryl methyl sites for hydroxylation is 1. The van der Waals surface area contributed by atoms with E-state index in [4.69, 9.17) is 0 Å². The number of hydrogen-bond acceptors (Lipinski definition) is 1. The zero-order valence-corrected chi connectivity index (χ0v) is 7.96. The summed E-state index contributed by atoms with van der Waals surface area (Å²) in [7, 11) is 0. The van der Waals surface area contributed by atoms with Crippen molar-refractivity contribution in [2.45, 2.75) is 27.2 Å². The van der Waals surface area contributed by atoms with Gasteiger partial charge in [0.05, 0.1) is 0 Å². The van der Waals surface area contributed by atoms with E-state index < -0.39 is 0 Å². The highest BCUT2D eigenvalue weighted by Gasteiger charge is 2.05. The summed E-state index contributed by atoms with van der Waals surface area (Å²) in [6, 6.07) is 5.68. The molecular formula is C11H16O. The van der Waals surface area contributed by atoms with Crippen LogP contribution in [0, 0.1) is 12.8 Å². The van der Waals surface area contributed by atoms with Gasteiger partial charge < -0.3 is 5.11 Å². The maximum atomic E-state index is 9.54. The Bertz CT molecular complexity index is 243. The van der Waals surface area contributed by atoms with Crippen molar-refractivity contribution in [3.05, 3.63) is 29.3 Å². The first-order valence-corrected chi connectivity index (χ1v) is 4.38. The van der Waals surface area contributed by atoms with Crippen molar-refractivity contribution < 1.29 is 5.11 Å². The van der Waals surface area contributed by atoms with Gasteiger partial charge in [-0.3, -0.25) is 0 Å². The van der Waals surface area contributed by atoms with Crippen LogP contribution in [-0.4, -0.2) is 5.11 Å². The smallest absolute Gasteiger partial charge is 0.119 e. The SMILES string of the molecule is Cc1cccc(O)c1CC(C)C. The first kappa shape index (κ1) is 9.11. The monoisotopic (exact) mass is 164 g/mol. The predicted molar refractivity (Wildman–Crippen MR) is 51.4 cm³/mol. The molecule has 0 bridgehead atoms. The molecule has 0 heterocycles. The first-order valence-electron chi connectivity index (χ1n) is 4.38. The summed E-state index contributed by atoms with van der Waals surface area (Å²) in [6.45, 7) is 6.36. The van der Waals surface area contributed by atoms with Crippen molar-refractivity contribution in [2.75, 3.05) is 0 Å². The lowest BCUT2D eigenvalue weighted by molar-refractivity contribution is 0.461. The highest BCUT2D eigenvalue weighted by atomic mass is 16.3. The molecule has 1 aromatic carbocycles. The summed E-state index contributed by atoms with van der Waals surface area (Å²) >= 11 is 0. The molecule has 0 aromatic heterocycles. The average Bonchev–Trinajstić information content (AvgIpc) is 1.97. The Morgan fingerprint density at radius 2 is 2.00 bits per heavy atom. The second-order valence-corrected chi connectivity index (χ2v) is 3.67. The van der Waals surface area contributed by atoms with E-state index in [1.807, 2.05) is 19.1 Å². The molecule has 1 N–H and O–H groups in total. The normalized spacial score (nSPS) is 10.7. The summed E-state index contributed by atoms with van der Waals surface area (Å²) in [4.78, 5) is 0. The summed E-state index contributed by atoms with van der Waals surface area (Å²) < 4.78 is 0. The van der Waals surface area contributed by atoms with E-state index in [0.29, 0.717) is 11.7 Å². The number of hydrogen-bond donors (Lipinski definition) is 1. The van der Waals surface area contributed by atoms with Gasteiger partial charge in [-0.1, -0.05) is 26.0 Å². The van der Waals surface area contributed by atoms with Crippen LogP contribution in [0.2, 0.25) is 0 Å². The third kappa shape index (κ3) is 2.00. The maximum absolute atomic E-state index is 9.54. The lowest BCUT2D eigenvalue weighted by Crippen LogP contribution is -1.96. The van der Waals surface area contributed by atoms with Crippen molar-refractivity contribution >= 4 is 0 Å². The van der Waals surface area contributed by atoms with Crippen molar-refractivity contribution in [1.82, 2.24) is 0 Å². The Kier molecular flexibility index (Phi) is 2.74. The summed E-state index contributed by atoms with van der Waals surface area (Å²) in [5.74, 6) is 1.03. The standard InChI is InChI=1S/C11H16O/c1-8(2)7-10-9(3)5-4-6-11(10)12/h4-6,8,12H,7H2,1-3H3. The molecule has 0 amide bonds. The van der Waals surface area contributed by atoms with Gasteiger partial charge in [0.25, 0.3) is 0 Å². The molecule has 0 unspecified atom stereocenters. The molecule has 1 aromatic rings. The minimum Gasteiger partial charge on any atom is -0.508 e. The highest BCUT2D eigenvalue weighted by molar-refractivity contribution is 5.38. The maximum Gasteiger partial charge on any atom is 0.119 e. The lowest BCUT2D eigenvalue weighted by Gasteiger charge is -2.09. The van der Waals surface area contributed by atoms with Crippen LogP contribution in [0.5, 0.6) is 5.75 Å². The molecular weight excluding hydrogens is 148 g/mol. The zero-order valence-electron chi connectivity index (χ0n) is 7.96. The van der Waals surface area contributed by atoms with Crippen LogP contribution in [0.4, 0.5) is 0 Å². The van der Waals surface area contributed by atoms with Gasteiger partial charge in [0, 0.05) is 0 Å². The van der Waals surface area contributed by atoms with E-state index >= 15 is 0 Å². The van der Waals surface area contributed by atoms with Gasteiger partial charge in [0.1, 0.15) is 5.75 Å². The molecule has 12 heavy (non-hydrogen) atoms. The number of phenols is 1. The summed E-state index contributed by atoms with van der Waals surface area (Å²) in [5, 5.41) is 9.54. The summed E-state index contributed by atoms with van der Waals surface area (Å²) in [5.41, 5.74) is 2.27. The van der Waals surface area contributed by atoms with Gasteiger partial charge in [-0.25, -0.2) is 0 Å². The Labute approximate surface area is 74.1 Å². The Balaban J connectivity index is 2.96. The number of aromatic hydroxyl groups is 1. The third-order valence-corrected chi connectivity index (χ3v) is 2.00. The third-order valence-electron chi connectivity index (χ3n) is 2.00. The number of phenolic OH excluding ortho intramolecular Hbond substituents is 1. The molecule has 0 spiro atoms.